The van der Waals surface area contributed by atoms with Gasteiger partial charge in [-0.2, -0.15) is 0 Å². The molecular weight excluding hydrogens is 310 g/mol. The van der Waals surface area contributed by atoms with Crippen LogP contribution in [0.4, 0.5) is 0 Å². The number of carbonyl (C=O) groups is 1. The van der Waals surface area contributed by atoms with Gasteiger partial charge in [-0.05, 0) is 53.2 Å². The Balaban J connectivity index is 1.97. The molecule has 106 valence electrons. The van der Waals surface area contributed by atoms with Crippen molar-refractivity contribution in [2.75, 3.05) is 6.61 Å². The average Bonchev–Trinajstić information content (AvgIpc) is 2.86. The molecule has 1 atom stereocenters. The fourth-order valence-electron chi connectivity index (χ4n) is 2.78. The van der Waals surface area contributed by atoms with Gasteiger partial charge in [0, 0.05) is 12.6 Å². The Morgan fingerprint density at radius 2 is 2.16 bits per heavy atom. The summed E-state index contributed by atoms with van der Waals surface area (Å²) in [6.45, 7) is 0.100. The summed E-state index contributed by atoms with van der Waals surface area (Å²) in [5, 5.41) is 12.2. The molecule has 1 heterocycles. The van der Waals surface area contributed by atoms with Gasteiger partial charge in [-0.3, -0.25) is 4.79 Å². The van der Waals surface area contributed by atoms with Crippen molar-refractivity contribution in [3.63, 3.8) is 0 Å². The Labute approximate surface area is 121 Å². The Hall–Kier alpha value is -0.810. The first-order valence-electron chi connectivity index (χ1n) is 6.88. The summed E-state index contributed by atoms with van der Waals surface area (Å²) < 4.78 is 5.80. The minimum Gasteiger partial charge on any atom is -0.444 e. The largest absolute Gasteiger partial charge is 0.444 e. The highest BCUT2D eigenvalue weighted by atomic mass is 79.9. The molecule has 1 fully saturated rings. The van der Waals surface area contributed by atoms with E-state index in [1.807, 2.05) is 0 Å². The summed E-state index contributed by atoms with van der Waals surface area (Å²) >= 11 is 3.19. The second kappa shape index (κ2) is 7.10. The molecular formula is C14H20BrNO3. The topological polar surface area (TPSA) is 62.5 Å². The molecule has 2 N–H and O–H groups in total. The predicted octanol–water partition coefficient (Wildman–Crippen LogP) is 3.10. The van der Waals surface area contributed by atoms with Crippen molar-refractivity contribution in [2.24, 2.45) is 5.92 Å². The second-order valence-corrected chi connectivity index (χ2v) is 5.88. The maximum atomic E-state index is 12.1. The monoisotopic (exact) mass is 329 g/mol. The third-order valence-corrected chi connectivity index (χ3v) is 4.20. The maximum Gasteiger partial charge on any atom is 0.287 e. The smallest absolute Gasteiger partial charge is 0.287 e. The third-order valence-electron chi connectivity index (χ3n) is 3.77. The normalized spacial score (nSPS) is 18.2. The number of hydrogen-bond donors (Lipinski definition) is 2. The molecule has 4 nitrogen and oxygen atoms in total. The number of nitrogens with one attached hydrogen (secondary N) is 1. The van der Waals surface area contributed by atoms with Crippen molar-refractivity contribution in [2.45, 2.75) is 44.6 Å². The van der Waals surface area contributed by atoms with E-state index in [4.69, 9.17) is 4.42 Å². The highest BCUT2D eigenvalue weighted by Gasteiger charge is 2.25. The van der Waals surface area contributed by atoms with Crippen molar-refractivity contribution in [1.29, 1.82) is 0 Å². The van der Waals surface area contributed by atoms with Gasteiger partial charge in [0.2, 0.25) is 0 Å². The van der Waals surface area contributed by atoms with Gasteiger partial charge in [0.15, 0.2) is 10.4 Å². The van der Waals surface area contributed by atoms with Crippen LogP contribution in [0, 0.1) is 5.92 Å². The lowest BCUT2D eigenvalue weighted by Gasteiger charge is -2.30. The van der Waals surface area contributed by atoms with E-state index in [0.717, 1.165) is 12.8 Å². The minimum absolute atomic E-state index is 0.0432. The van der Waals surface area contributed by atoms with E-state index < -0.39 is 0 Å². The molecule has 1 amide bonds. The summed E-state index contributed by atoms with van der Waals surface area (Å²) in [6, 6.07) is 3.40. The molecule has 2 rings (SSSR count). The summed E-state index contributed by atoms with van der Waals surface area (Å²) in [5.74, 6) is 0.587. The van der Waals surface area contributed by atoms with E-state index >= 15 is 0 Å². The molecule has 0 saturated heterocycles. The summed E-state index contributed by atoms with van der Waals surface area (Å²) in [4.78, 5) is 12.1. The lowest BCUT2D eigenvalue weighted by Crippen LogP contribution is -2.41. The van der Waals surface area contributed by atoms with Crippen LogP contribution in [0.15, 0.2) is 21.2 Å². The van der Waals surface area contributed by atoms with Gasteiger partial charge < -0.3 is 14.8 Å². The third kappa shape index (κ3) is 4.08. The summed E-state index contributed by atoms with van der Waals surface area (Å²) in [6.07, 6.45) is 6.59. The van der Waals surface area contributed by atoms with Crippen molar-refractivity contribution in [3.8, 4) is 0 Å². The first-order valence-corrected chi connectivity index (χ1v) is 7.67. The van der Waals surface area contributed by atoms with Gasteiger partial charge in [0.25, 0.3) is 5.91 Å². The fourth-order valence-corrected chi connectivity index (χ4v) is 3.08. The Morgan fingerprint density at radius 3 is 2.74 bits per heavy atom. The quantitative estimate of drug-likeness (QED) is 0.872. The molecule has 1 aliphatic carbocycles. The maximum absolute atomic E-state index is 12.1. The summed E-state index contributed by atoms with van der Waals surface area (Å²) in [5.41, 5.74) is 0. The van der Waals surface area contributed by atoms with Crippen LogP contribution in [-0.2, 0) is 0 Å². The number of rotatable bonds is 5. The molecule has 0 radical (unpaired) electrons. The number of furan rings is 1. The molecule has 0 bridgehead atoms. The van der Waals surface area contributed by atoms with Crippen molar-refractivity contribution in [3.05, 3.63) is 22.6 Å². The number of amides is 1. The van der Waals surface area contributed by atoms with Crippen LogP contribution in [0.25, 0.3) is 0 Å². The van der Waals surface area contributed by atoms with Crippen LogP contribution in [0.2, 0.25) is 0 Å². The first kappa shape index (κ1) is 14.6. The molecule has 1 unspecified atom stereocenters. The molecule has 5 heteroatoms. The number of carbonyl (C=O) groups excluding carboxylic acids is 1. The Bertz CT molecular complexity index is 413. The Kier molecular flexibility index (Phi) is 5.45. The lowest BCUT2D eigenvalue weighted by molar-refractivity contribution is 0.0870. The van der Waals surface area contributed by atoms with E-state index in [-0.39, 0.29) is 18.6 Å². The van der Waals surface area contributed by atoms with Crippen molar-refractivity contribution >= 4 is 21.8 Å². The zero-order chi connectivity index (χ0) is 13.7. The second-order valence-electron chi connectivity index (χ2n) is 5.09. The van der Waals surface area contributed by atoms with Crippen molar-refractivity contribution in [1.82, 2.24) is 5.32 Å². The predicted molar refractivity (Wildman–Crippen MR) is 75.9 cm³/mol. The average molecular weight is 330 g/mol. The van der Waals surface area contributed by atoms with E-state index in [1.165, 1.54) is 19.3 Å². The molecule has 1 saturated carbocycles. The van der Waals surface area contributed by atoms with Crippen LogP contribution in [-0.4, -0.2) is 23.7 Å². The van der Waals surface area contributed by atoms with E-state index in [9.17, 15) is 9.90 Å². The van der Waals surface area contributed by atoms with Crippen LogP contribution >= 0.6 is 15.9 Å². The molecule has 1 aromatic heterocycles. The van der Waals surface area contributed by atoms with E-state index in [2.05, 4.69) is 21.2 Å². The molecule has 1 aromatic rings. The molecule has 0 aliphatic heterocycles. The fraction of sp³-hybridized carbons (Fsp3) is 0.643. The SMILES string of the molecule is O=C(NC(CCO)C1CCCCC1)c1ccc(Br)o1. The van der Waals surface area contributed by atoms with Crippen LogP contribution in [0.5, 0.6) is 0 Å². The Morgan fingerprint density at radius 1 is 1.42 bits per heavy atom. The molecule has 19 heavy (non-hydrogen) atoms. The first-order chi connectivity index (χ1) is 9.20. The minimum atomic E-state index is -0.199. The van der Waals surface area contributed by atoms with Crippen LogP contribution in [0.3, 0.4) is 0 Å². The van der Waals surface area contributed by atoms with E-state index in [0.29, 0.717) is 22.8 Å². The number of aliphatic hydroxyl groups excluding tert-OH is 1. The number of hydrogen-bond acceptors (Lipinski definition) is 3. The zero-order valence-corrected chi connectivity index (χ0v) is 12.5. The lowest BCUT2D eigenvalue weighted by atomic mass is 9.82. The van der Waals surface area contributed by atoms with Crippen molar-refractivity contribution < 1.29 is 14.3 Å². The van der Waals surface area contributed by atoms with Crippen LogP contribution < -0.4 is 5.32 Å². The van der Waals surface area contributed by atoms with Gasteiger partial charge in [0.1, 0.15) is 0 Å². The van der Waals surface area contributed by atoms with Gasteiger partial charge in [-0.25, -0.2) is 0 Å². The van der Waals surface area contributed by atoms with Crippen LogP contribution in [0.1, 0.15) is 49.1 Å². The molecule has 1 aliphatic rings. The van der Waals surface area contributed by atoms with Gasteiger partial charge in [-0.15, -0.1) is 0 Å². The molecule has 0 spiro atoms. The zero-order valence-electron chi connectivity index (χ0n) is 10.9. The number of halogens is 1. The standard InChI is InChI=1S/C14H20BrNO3/c15-13-7-6-12(19-13)14(18)16-11(8-9-17)10-4-2-1-3-5-10/h6-7,10-11,17H,1-5,8-9H2,(H,16,18). The van der Waals surface area contributed by atoms with Gasteiger partial charge in [0.05, 0.1) is 0 Å². The highest BCUT2D eigenvalue weighted by molar-refractivity contribution is 9.10. The van der Waals surface area contributed by atoms with Gasteiger partial charge in [-0.1, -0.05) is 19.3 Å². The van der Waals surface area contributed by atoms with E-state index in [1.54, 1.807) is 12.1 Å². The highest BCUT2D eigenvalue weighted by Crippen LogP contribution is 2.28. The van der Waals surface area contributed by atoms with Gasteiger partial charge >= 0.3 is 0 Å². The molecule has 0 aromatic carbocycles. The summed E-state index contributed by atoms with van der Waals surface area (Å²) in [7, 11) is 0. The number of aliphatic hydroxyl groups is 1.